The third-order valence-electron chi connectivity index (χ3n) is 3.56. The molecule has 2 rings (SSSR count). The average molecular weight is 342 g/mol. The van der Waals surface area contributed by atoms with Gasteiger partial charge in [0.05, 0.1) is 17.7 Å². The Morgan fingerprint density at radius 2 is 1.72 bits per heavy atom. The number of benzene rings is 1. The van der Waals surface area contributed by atoms with Crippen molar-refractivity contribution < 1.29 is 14.3 Å². The second kappa shape index (κ2) is 8.77. The van der Waals surface area contributed by atoms with Crippen molar-refractivity contribution in [3.8, 4) is 0 Å². The van der Waals surface area contributed by atoms with Crippen molar-refractivity contribution >= 4 is 23.5 Å². The molecule has 0 fully saturated rings. The summed E-state index contributed by atoms with van der Waals surface area (Å²) in [6.45, 7) is 6.04. The fourth-order valence-electron chi connectivity index (χ4n) is 1.95. The maximum atomic E-state index is 12.0. The van der Waals surface area contributed by atoms with Crippen molar-refractivity contribution in [2.75, 3.05) is 11.9 Å². The van der Waals surface area contributed by atoms with E-state index in [0.29, 0.717) is 23.7 Å². The molecule has 25 heavy (non-hydrogen) atoms. The maximum absolute atomic E-state index is 12.0. The van der Waals surface area contributed by atoms with Crippen LogP contribution >= 0.6 is 0 Å². The lowest BCUT2D eigenvalue weighted by atomic mass is 10.2. The molecule has 0 aliphatic rings. The highest BCUT2D eigenvalue weighted by Crippen LogP contribution is 2.14. The first kappa shape index (κ1) is 18.4. The Hall–Kier alpha value is -2.96. The number of anilines is 2. The Morgan fingerprint density at radius 1 is 1.08 bits per heavy atom. The second-order valence-corrected chi connectivity index (χ2v) is 5.50. The van der Waals surface area contributed by atoms with Crippen LogP contribution in [-0.2, 0) is 4.74 Å². The molecule has 1 aromatic heterocycles. The van der Waals surface area contributed by atoms with Gasteiger partial charge in [-0.05, 0) is 44.5 Å². The number of nitrogens with one attached hydrogen (secondary N) is 2. The van der Waals surface area contributed by atoms with Crippen molar-refractivity contribution in [1.82, 2.24) is 15.3 Å². The van der Waals surface area contributed by atoms with Crippen LogP contribution in [0, 0.1) is 0 Å². The van der Waals surface area contributed by atoms with Gasteiger partial charge >= 0.3 is 5.97 Å². The zero-order valence-corrected chi connectivity index (χ0v) is 14.6. The highest BCUT2D eigenvalue weighted by molar-refractivity contribution is 5.93. The molecular weight excluding hydrogens is 320 g/mol. The molecule has 0 radical (unpaired) electrons. The van der Waals surface area contributed by atoms with Crippen LogP contribution in [0.1, 0.15) is 47.9 Å². The zero-order chi connectivity index (χ0) is 18.2. The number of ether oxygens (including phenoxy) is 1. The number of carbonyl (C=O) groups excluding carboxylic acids is 2. The minimum atomic E-state index is -0.359. The number of esters is 1. The van der Waals surface area contributed by atoms with Crippen molar-refractivity contribution in [3.63, 3.8) is 0 Å². The number of aromatic nitrogens is 2. The third-order valence-corrected chi connectivity index (χ3v) is 3.56. The first-order valence-electron chi connectivity index (χ1n) is 8.20. The van der Waals surface area contributed by atoms with Gasteiger partial charge < -0.3 is 15.4 Å². The van der Waals surface area contributed by atoms with Crippen LogP contribution in [0.5, 0.6) is 0 Å². The van der Waals surface area contributed by atoms with E-state index >= 15 is 0 Å². The lowest BCUT2D eigenvalue weighted by molar-refractivity contribution is 0.0526. The van der Waals surface area contributed by atoms with Crippen LogP contribution in [0.4, 0.5) is 11.6 Å². The van der Waals surface area contributed by atoms with Gasteiger partial charge in [-0.3, -0.25) is 4.79 Å². The molecule has 1 amide bonds. The number of hydrogen-bond acceptors (Lipinski definition) is 6. The highest BCUT2D eigenvalue weighted by Gasteiger charge is 2.10. The predicted octanol–water partition coefficient (Wildman–Crippen LogP) is 2.93. The van der Waals surface area contributed by atoms with E-state index in [1.165, 1.54) is 12.4 Å². The van der Waals surface area contributed by atoms with Gasteiger partial charge in [0.25, 0.3) is 5.91 Å². The molecule has 2 N–H and O–H groups in total. The van der Waals surface area contributed by atoms with Crippen molar-refractivity contribution in [3.05, 3.63) is 47.8 Å². The topological polar surface area (TPSA) is 93.2 Å². The number of rotatable bonds is 7. The molecule has 132 valence electrons. The Bertz CT molecular complexity index is 714. The van der Waals surface area contributed by atoms with Crippen LogP contribution in [0.2, 0.25) is 0 Å². The minimum absolute atomic E-state index is 0.100. The molecule has 0 saturated carbocycles. The number of hydrogen-bond donors (Lipinski definition) is 2. The fourth-order valence-corrected chi connectivity index (χ4v) is 1.95. The number of amides is 1. The van der Waals surface area contributed by atoms with Gasteiger partial charge in [0.15, 0.2) is 0 Å². The van der Waals surface area contributed by atoms with E-state index in [4.69, 9.17) is 4.74 Å². The number of nitrogens with zero attached hydrogens (tertiary/aromatic N) is 2. The van der Waals surface area contributed by atoms with E-state index < -0.39 is 0 Å². The minimum Gasteiger partial charge on any atom is -0.462 e. The van der Waals surface area contributed by atoms with Crippen LogP contribution in [-0.4, -0.2) is 34.5 Å². The molecule has 7 heteroatoms. The Kier molecular flexibility index (Phi) is 6.45. The number of carbonyl (C=O) groups is 2. The molecule has 1 unspecified atom stereocenters. The molecule has 0 aliphatic heterocycles. The largest absolute Gasteiger partial charge is 0.462 e. The van der Waals surface area contributed by atoms with Gasteiger partial charge in [0.1, 0.15) is 0 Å². The van der Waals surface area contributed by atoms with Crippen LogP contribution in [0.15, 0.2) is 36.7 Å². The zero-order valence-electron chi connectivity index (χ0n) is 14.6. The van der Waals surface area contributed by atoms with Crippen molar-refractivity contribution in [2.45, 2.75) is 33.2 Å². The van der Waals surface area contributed by atoms with Crippen LogP contribution in [0.25, 0.3) is 0 Å². The second-order valence-electron chi connectivity index (χ2n) is 5.50. The van der Waals surface area contributed by atoms with Gasteiger partial charge in [0, 0.05) is 24.1 Å². The van der Waals surface area contributed by atoms with E-state index in [2.05, 4.69) is 20.6 Å². The molecule has 0 spiro atoms. The van der Waals surface area contributed by atoms with E-state index in [-0.39, 0.29) is 17.9 Å². The van der Waals surface area contributed by atoms with E-state index in [0.717, 1.165) is 12.1 Å². The Balaban J connectivity index is 1.99. The summed E-state index contributed by atoms with van der Waals surface area (Å²) < 4.78 is 4.94. The molecule has 1 atom stereocenters. The van der Waals surface area contributed by atoms with Gasteiger partial charge in [-0.2, -0.15) is 0 Å². The Labute approximate surface area is 146 Å². The standard InChI is InChI=1S/C18H22N4O3/c1-4-12(3)21-16(23)14-10-19-18(20-11-14)22-15-8-6-13(7-9-15)17(24)25-5-2/h6-12H,4-5H2,1-3H3,(H,21,23)(H,19,20,22). The summed E-state index contributed by atoms with van der Waals surface area (Å²) in [5.41, 5.74) is 1.61. The Morgan fingerprint density at radius 3 is 2.28 bits per heavy atom. The normalized spacial score (nSPS) is 11.5. The first-order chi connectivity index (χ1) is 12.0. The lowest BCUT2D eigenvalue weighted by Gasteiger charge is -2.11. The summed E-state index contributed by atoms with van der Waals surface area (Å²) in [5.74, 6) is -0.189. The van der Waals surface area contributed by atoms with Crippen LogP contribution < -0.4 is 10.6 Å². The summed E-state index contributed by atoms with van der Waals surface area (Å²) in [6.07, 6.45) is 3.80. The van der Waals surface area contributed by atoms with E-state index in [9.17, 15) is 9.59 Å². The lowest BCUT2D eigenvalue weighted by Crippen LogP contribution is -2.32. The van der Waals surface area contributed by atoms with Crippen molar-refractivity contribution in [1.29, 1.82) is 0 Å². The summed E-state index contributed by atoms with van der Waals surface area (Å²) >= 11 is 0. The average Bonchev–Trinajstić information content (AvgIpc) is 2.63. The molecule has 0 saturated heterocycles. The van der Waals surface area contributed by atoms with Crippen LogP contribution in [0.3, 0.4) is 0 Å². The quantitative estimate of drug-likeness (QED) is 0.752. The SMILES string of the molecule is CCOC(=O)c1ccc(Nc2ncc(C(=O)NC(C)CC)cn2)cc1. The monoisotopic (exact) mass is 342 g/mol. The molecule has 7 nitrogen and oxygen atoms in total. The first-order valence-corrected chi connectivity index (χ1v) is 8.20. The summed E-state index contributed by atoms with van der Waals surface area (Å²) in [6, 6.07) is 6.89. The molecule has 0 aliphatic carbocycles. The molecule has 1 heterocycles. The van der Waals surface area contributed by atoms with E-state index in [1.54, 1.807) is 31.2 Å². The van der Waals surface area contributed by atoms with Gasteiger partial charge in [0.2, 0.25) is 5.95 Å². The molecule has 2 aromatic rings. The third kappa shape index (κ3) is 5.27. The van der Waals surface area contributed by atoms with Gasteiger partial charge in [-0.25, -0.2) is 14.8 Å². The van der Waals surface area contributed by atoms with Crippen molar-refractivity contribution in [2.24, 2.45) is 0 Å². The fraction of sp³-hybridized carbons (Fsp3) is 0.333. The van der Waals surface area contributed by atoms with Gasteiger partial charge in [-0.1, -0.05) is 6.92 Å². The summed E-state index contributed by atoms with van der Waals surface area (Å²) in [4.78, 5) is 31.9. The van der Waals surface area contributed by atoms with Gasteiger partial charge in [-0.15, -0.1) is 0 Å². The maximum Gasteiger partial charge on any atom is 0.338 e. The highest BCUT2D eigenvalue weighted by atomic mass is 16.5. The predicted molar refractivity (Wildman–Crippen MR) is 94.9 cm³/mol. The summed E-state index contributed by atoms with van der Waals surface area (Å²) in [5, 5.41) is 5.87. The van der Waals surface area contributed by atoms with E-state index in [1.807, 2.05) is 13.8 Å². The molecular formula is C18H22N4O3. The summed E-state index contributed by atoms with van der Waals surface area (Å²) in [7, 11) is 0. The molecule has 1 aromatic carbocycles. The smallest absolute Gasteiger partial charge is 0.338 e. The molecule has 0 bridgehead atoms.